The first-order valence-corrected chi connectivity index (χ1v) is 6.59. The van der Waals surface area contributed by atoms with Gasteiger partial charge in [-0.15, -0.1) is 0 Å². The fourth-order valence-corrected chi connectivity index (χ4v) is 2.07. The SMILES string of the molecule is CCNC(COCCC(C)C)(C(=O)O)C1CC1. The van der Waals surface area contributed by atoms with Crippen LogP contribution in [-0.4, -0.2) is 36.4 Å². The number of carbonyl (C=O) groups is 1. The van der Waals surface area contributed by atoms with Crippen molar-refractivity contribution in [3.8, 4) is 0 Å². The zero-order valence-electron chi connectivity index (χ0n) is 11.2. The number of likely N-dealkylation sites (N-methyl/N-ethyl adjacent to an activating group) is 1. The Kier molecular flexibility index (Phi) is 5.40. The van der Waals surface area contributed by atoms with Crippen molar-refractivity contribution in [1.82, 2.24) is 5.32 Å². The molecule has 1 unspecified atom stereocenters. The minimum atomic E-state index is -0.855. The van der Waals surface area contributed by atoms with Gasteiger partial charge in [0.1, 0.15) is 5.54 Å². The molecule has 0 aliphatic heterocycles. The van der Waals surface area contributed by atoms with Gasteiger partial charge in [-0.1, -0.05) is 20.8 Å². The first kappa shape index (κ1) is 14.5. The third kappa shape index (κ3) is 3.96. The molecule has 0 aromatic carbocycles. The summed E-state index contributed by atoms with van der Waals surface area (Å²) in [6, 6.07) is 0. The van der Waals surface area contributed by atoms with Crippen LogP contribution in [-0.2, 0) is 9.53 Å². The maximum absolute atomic E-state index is 11.5. The quantitative estimate of drug-likeness (QED) is 0.607. The molecule has 1 aliphatic carbocycles. The molecule has 0 bridgehead atoms. The number of carboxylic acid groups (broad SMARTS) is 1. The zero-order valence-corrected chi connectivity index (χ0v) is 11.2. The molecular formula is C13H25NO3. The Hall–Kier alpha value is -0.610. The molecule has 2 N–H and O–H groups in total. The van der Waals surface area contributed by atoms with Crippen molar-refractivity contribution < 1.29 is 14.6 Å². The van der Waals surface area contributed by atoms with Gasteiger partial charge in [-0.25, -0.2) is 0 Å². The normalized spacial score (nSPS) is 19.3. The number of aliphatic carboxylic acids is 1. The van der Waals surface area contributed by atoms with Crippen molar-refractivity contribution >= 4 is 5.97 Å². The van der Waals surface area contributed by atoms with Gasteiger partial charge >= 0.3 is 5.97 Å². The first-order chi connectivity index (χ1) is 8.03. The van der Waals surface area contributed by atoms with Crippen molar-refractivity contribution in [2.75, 3.05) is 19.8 Å². The van der Waals surface area contributed by atoms with Crippen LogP contribution < -0.4 is 5.32 Å². The van der Waals surface area contributed by atoms with Gasteiger partial charge in [0.2, 0.25) is 0 Å². The highest BCUT2D eigenvalue weighted by Gasteiger charge is 2.51. The minimum Gasteiger partial charge on any atom is -0.480 e. The molecule has 0 amide bonds. The second-order valence-electron chi connectivity index (χ2n) is 5.32. The van der Waals surface area contributed by atoms with Gasteiger partial charge in [0, 0.05) is 6.61 Å². The van der Waals surface area contributed by atoms with E-state index in [1.54, 1.807) is 0 Å². The number of nitrogens with one attached hydrogen (secondary N) is 1. The summed E-state index contributed by atoms with van der Waals surface area (Å²) >= 11 is 0. The van der Waals surface area contributed by atoms with Crippen LogP contribution in [0.15, 0.2) is 0 Å². The van der Waals surface area contributed by atoms with Gasteiger partial charge in [-0.2, -0.15) is 0 Å². The van der Waals surface area contributed by atoms with E-state index in [2.05, 4.69) is 19.2 Å². The van der Waals surface area contributed by atoms with Gasteiger partial charge in [-0.3, -0.25) is 10.1 Å². The molecule has 0 spiro atoms. The molecule has 17 heavy (non-hydrogen) atoms. The zero-order chi connectivity index (χ0) is 12.9. The Labute approximate surface area is 104 Å². The molecule has 1 saturated carbocycles. The van der Waals surface area contributed by atoms with Crippen LogP contribution in [0.4, 0.5) is 0 Å². The summed E-state index contributed by atoms with van der Waals surface area (Å²) in [7, 11) is 0. The van der Waals surface area contributed by atoms with E-state index in [1.165, 1.54) is 0 Å². The molecule has 0 saturated heterocycles. The van der Waals surface area contributed by atoms with E-state index < -0.39 is 11.5 Å². The van der Waals surface area contributed by atoms with Crippen molar-refractivity contribution in [2.24, 2.45) is 11.8 Å². The lowest BCUT2D eigenvalue weighted by molar-refractivity contribution is -0.149. The Morgan fingerprint density at radius 2 is 2.18 bits per heavy atom. The molecule has 0 radical (unpaired) electrons. The van der Waals surface area contributed by atoms with E-state index >= 15 is 0 Å². The highest BCUT2D eigenvalue weighted by atomic mass is 16.5. The summed E-state index contributed by atoms with van der Waals surface area (Å²) in [5, 5.41) is 12.6. The topological polar surface area (TPSA) is 58.6 Å². The van der Waals surface area contributed by atoms with E-state index in [0.29, 0.717) is 19.1 Å². The molecule has 4 heteroatoms. The fourth-order valence-electron chi connectivity index (χ4n) is 2.07. The van der Waals surface area contributed by atoms with Crippen molar-refractivity contribution in [1.29, 1.82) is 0 Å². The second-order valence-corrected chi connectivity index (χ2v) is 5.32. The maximum Gasteiger partial charge on any atom is 0.326 e. The van der Waals surface area contributed by atoms with E-state index in [4.69, 9.17) is 4.74 Å². The van der Waals surface area contributed by atoms with Crippen LogP contribution in [0.3, 0.4) is 0 Å². The van der Waals surface area contributed by atoms with E-state index in [1.807, 2.05) is 6.92 Å². The number of rotatable bonds is 9. The first-order valence-electron chi connectivity index (χ1n) is 6.59. The summed E-state index contributed by atoms with van der Waals surface area (Å²) in [4.78, 5) is 11.5. The van der Waals surface area contributed by atoms with Crippen LogP contribution in [0.5, 0.6) is 0 Å². The average Bonchev–Trinajstić information content (AvgIpc) is 3.05. The Bertz CT molecular complexity index is 251. The third-order valence-corrected chi connectivity index (χ3v) is 3.32. The molecule has 100 valence electrons. The van der Waals surface area contributed by atoms with Gasteiger partial charge in [0.05, 0.1) is 6.61 Å². The highest BCUT2D eigenvalue weighted by molar-refractivity contribution is 5.80. The number of carboxylic acids is 1. The smallest absolute Gasteiger partial charge is 0.326 e. The molecule has 0 aromatic heterocycles. The summed E-state index contributed by atoms with van der Waals surface area (Å²) in [5.74, 6) is 0.0553. The molecular weight excluding hydrogens is 218 g/mol. The van der Waals surface area contributed by atoms with Gasteiger partial charge < -0.3 is 9.84 Å². The highest BCUT2D eigenvalue weighted by Crippen LogP contribution is 2.40. The van der Waals surface area contributed by atoms with Crippen LogP contribution >= 0.6 is 0 Å². The lowest BCUT2D eigenvalue weighted by Crippen LogP contribution is -2.57. The van der Waals surface area contributed by atoms with Crippen LogP contribution in [0.25, 0.3) is 0 Å². The van der Waals surface area contributed by atoms with Crippen LogP contribution in [0.2, 0.25) is 0 Å². The van der Waals surface area contributed by atoms with Gasteiger partial charge in [-0.05, 0) is 37.6 Å². The van der Waals surface area contributed by atoms with Crippen LogP contribution in [0.1, 0.15) is 40.0 Å². The molecule has 1 rings (SSSR count). The lowest BCUT2D eigenvalue weighted by atomic mass is 9.94. The summed E-state index contributed by atoms with van der Waals surface area (Å²) in [6.07, 6.45) is 2.96. The molecule has 1 aliphatic rings. The van der Waals surface area contributed by atoms with E-state index in [0.717, 1.165) is 19.3 Å². The van der Waals surface area contributed by atoms with Crippen molar-refractivity contribution in [2.45, 2.75) is 45.6 Å². The lowest BCUT2D eigenvalue weighted by Gasteiger charge is -2.30. The second kappa shape index (κ2) is 6.36. The van der Waals surface area contributed by atoms with E-state index in [-0.39, 0.29) is 12.5 Å². The minimum absolute atomic E-state index is 0.235. The Balaban J connectivity index is 2.48. The molecule has 1 fully saturated rings. The third-order valence-electron chi connectivity index (χ3n) is 3.32. The van der Waals surface area contributed by atoms with Gasteiger partial charge in [0.25, 0.3) is 0 Å². The standard InChI is InChI=1S/C13H25NO3/c1-4-14-13(12(15)16,11-5-6-11)9-17-8-7-10(2)3/h10-11,14H,4-9H2,1-3H3,(H,15,16). The number of hydrogen-bond donors (Lipinski definition) is 2. The summed E-state index contributed by atoms with van der Waals surface area (Å²) in [6.45, 7) is 7.81. The number of hydrogen-bond acceptors (Lipinski definition) is 3. The van der Waals surface area contributed by atoms with Gasteiger partial charge in [0.15, 0.2) is 0 Å². The Morgan fingerprint density at radius 1 is 1.53 bits per heavy atom. The molecule has 0 heterocycles. The monoisotopic (exact) mass is 243 g/mol. The molecule has 1 atom stereocenters. The summed E-state index contributed by atoms with van der Waals surface area (Å²) in [5.41, 5.74) is -0.855. The predicted molar refractivity (Wildman–Crippen MR) is 67.0 cm³/mol. The van der Waals surface area contributed by atoms with Crippen molar-refractivity contribution in [3.63, 3.8) is 0 Å². The predicted octanol–water partition coefficient (Wildman–Crippen LogP) is 1.89. The fraction of sp³-hybridized carbons (Fsp3) is 0.923. The Morgan fingerprint density at radius 3 is 2.59 bits per heavy atom. The largest absolute Gasteiger partial charge is 0.480 e. The van der Waals surface area contributed by atoms with Crippen LogP contribution in [0, 0.1) is 11.8 Å². The molecule has 0 aromatic rings. The number of ether oxygens (including phenoxy) is 1. The van der Waals surface area contributed by atoms with Crippen molar-refractivity contribution in [3.05, 3.63) is 0 Å². The summed E-state index contributed by atoms with van der Waals surface area (Å²) < 4.78 is 5.58. The van der Waals surface area contributed by atoms with E-state index in [9.17, 15) is 9.90 Å². The maximum atomic E-state index is 11.5. The molecule has 4 nitrogen and oxygen atoms in total. The average molecular weight is 243 g/mol.